The number of methoxy groups -OCH3 is 1. The number of anilines is 2. The van der Waals surface area contributed by atoms with E-state index in [-0.39, 0.29) is 21.5 Å². The van der Waals surface area contributed by atoms with Gasteiger partial charge in [-0.3, -0.25) is 4.72 Å². The van der Waals surface area contributed by atoms with Crippen LogP contribution in [0.2, 0.25) is 5.02 Å². The molecule has 142 valence electrons. The van der Waals surface area contributed by atoms with E-state index >= 15 is 0 Å². The molecule has 0 aliphatic heterocycles. The highest BCUT2D eigenvalue weighted by atomic mass is 35.5. The first-order chi connectivity index (χ1) is 12.3. The molecule has 26 heavy (non-hydrogen) atoms. The number of hydrogen-bond donors (Lipinski definition) is 2. The van der Waals surface area contributed by atoms with E-state index in [0.29, 0.717) is 5.82 Å². The summed E-state index contributed by atoms with van der Waals surface area (Å²) in [6, 6.07) is 7.56. The standard InChI is InChI=1S/C16H22ClN5O3S/c1-22(2)10-4-9-18-15-7-8-16(20-19-15)21-26(23,24)14-11-12(17)5-6-13(14)25-3/h5-8,11H,4,9-10H2,1-3H3,(H,18,19)(H,20,21). The number of hydrogen-bond acceptors (Lipinski definition) is 7. The zero-order valence-electron chi connectivity index (χ0n) is 14.9. The highest BCUT2D eigenvalue weighted by Crippen LogP contribution is 2.28. The van der Waals surface area contributed by atoms with Crippen molar-refractivity contribution >= 4 is 33.3 Å². The summed E-state index contributed by atoms with van der Waals surface area (Å²) in [7, 11) is 1.50. The number of nitrogens with one attached hydrogen (secondary N) is 2. The van der Waals surface area contributed by atoms with Crippen LogP contribution in [0, 0.1) is 0 Å². The van der Waals surface area contributed by atoms with Crippen LogP contribution >= 0.6 is 11.6 Å². The van der Waals surface area contributed by atoms with Crippen LogP contribution in [0.5, 0.6) is 5.75 Å². The Labute approximate surface area is 158 Å². The van der Waals surface area contributed by atoms with E-state index in [1.807, 2.05) is 14.1 Å². The van der Waals surface area contributed by atoms with E-state index in [0.717, 1.165) is 19.5 Å². The molecule has 1 heterocycles. The Bertz CT molecular complexity index is 828. The SMILES string of the molecule is COc1ccc(Cl)cc1S(=O)(=O)Nc1ccc(NCCCN(C)C)nn1. The molecule has 2 aromatic rings. The van der Waals surface area contributed by atoms with Crippen LogP contribution in [-0.4, -0.2) is 57.8 Å². The van der Waals surface area contributed by atoms with E-state index in [1.165, 1.54) is 25.3 Å². The summed E-state index contributed by atoms with van der Waals surface area (Å²) >= 11 is 5.90. The summed E-state index contributed by atoms with van der Waals surface area (Å²) in [5, 5.41) is 11.3. The molecule has 2 rings (SSSR count). The molecule has 0 aliphatic carbocycles. The average molecular weight is 400 g/mol. The number of benzene rings is 1. The van der Waals surface area contributed by atoms with Crippen molar-refractivity contribution in [2.75, 3.05) is 44.3 Å². The third-order valence-corrected chi connectivity index (χ3v) is 5.02. The normalized spacial score (nSPS) is 11.4. The van der Waals surface area contributed by atoms with Crippen LogP contribution in [0.1, 0.15) is 6.42 Å². The Kier molecular flexibility index (Phi) is 7.01. The number of sulfonamides is 1. The molecule has 0 bridgehead atoms. The highest BCUT2D eigenvalue weighted by molar-refractivity contribution is 7.92. The zero-order chi connectivity index (χ0) is 19.2. The fraction of sp³-hybridized carbons (Fsp3) is 0.375. The van der Waals surface area contributed by atoms with Gasteiger partial charge in [0.15, 0.2) is 5.82 Å². The molecule has 0 saturated heterocycles. The fourth-order valence-electron chi connectivity index (χ4n) is 2.15. The van der Waals surface area contributed by atoms with E-state index in [1.54, 1.807) is 12.1 Å². The van der Waals surface area contributed by atoms with Gasteiger partial charge in [-0.05, 0) is 57.4 Å². The van der Waals surface area contributed by atoms with Crippen molar-refractivity contribution in [2.24, 2.45) is 0 Å². The third-order valence-electron chi connectivity index (χ3n) is 3.41. The van der Waals surface area contributed by atoms with Gasteiger partial charge in [-0.2, -0.15) is 0 Å². The van der Waals surface area contributed by atoms with Gasteiger partial charge in [0.1, 0.15) is 16.5 Å². The number of aromatic nitrogens is 2. The summed E-state index contributed by atoms with van der Waals surface area (Å²) in [6.07, 6.45) is 0.956. The second-order valence-electron chi connectivity index (χ2n) is 5.79. The van der Waals surface area contributed by atoms with Crippen molar-refractivity contribution in [3.05, 3.63) is 35.4 Å². The van der Waals surface area contributed by atoms with E-state index in [2.05, 4.69) is 25.1 Å². The molecule has 0 unspecified atom stereocenters. The Morgan fingerprint density at radius 1 is 1.15 bits per heavy atom. The van der Waals surface area contributed by atoms with Gasteiger partial charge in [-0.1, -0.05) is 11.6 Å². The molecule has 8 nitrogen and oxygen atoms in total. The van der Waals surface area contributed by atoms with Gasteiger partial charge in [0.05, 0.1) is 7.11 Å². The minimum absolute atomic E-state index is 0.0693. The fourth-order valence-corrected chi connectivity index (χ4v) is 3.58. The van der Waals surface area contributed by atoms with E-state index < -0.39 is 10.0 Å². The third kappa shape index (κ3) is 5.72. The molecule has 0 spiro atoms. The van der Waals surface area contributed by atoms with Crippen molar-refractivity contribution in [1.29, 1.82) is 0 Å². The lowest BCUT2D eigenvalue weighted by molar-refractivity contribution is 0.403. The minimum atomic E-state index is -3.91. The summed E-state index contributed by atoms with van der Waals surface area (Å²) in [5.74, 6) is 0.868. The second-order valence-corrected chi connectivity index (χ2v) is 7.88. The molecule has 10 heteroatoms. The van der Waals surface area contributed by atoms with Gasteiger partial charge in [-0.25, -0.2) is 8.42 Å². The van der Waals surface area contributed by atoms with Crippen LogP contribution in [0.15, 0.2) is 35.2 Å². The van der Waals surface area contributed by atoms with Gasteiger partial charge in [0.25, 0.3) is 10.0 Å². The zero-order valence-corrected chi connectivity index (χ0v) is 16.4. The molecule has 0 fully saturated rings. The number of nitrogens with zero attached hydrogens (tertiary/aromatic N) is 3. The van der Waals surface area contributed by atoms with Gasteiger partial charge in [0, 0.05) is 11.6 Å². The molecule has 0 atom stereocenters. The minimum Gasteiger partial charge on any atom is -0.495 e. The van der Waals surface area contributed by atoms with Crippen molar-refractivity contribution in [1.82, 2.24) is 15.1 Å². The predicted octanol–water partition coefficient (Wildman–Crippen LogP) is 2.30. The molecule has 0 aliphatic rings. The molecule has 0 amide bonds. The molecular formula is C16H22ClN5O3S. The molecule has 2 N–H and O–H groups in total. The lowest BCUT2D eigenvalue weighted by Crippen LogP contribution is -2.17. The average Bonchev–Trinajstić information content (AvgIpc) is 2.59. The highest BCUT2D eigenvalue weighted by Gasteiger charge is 2.21. The number of rotatable bonds is 9. The Balaban J connectivity index is 2.05. The Hall–Kier alpha value is -2.10. The molecule has 0 radical (unpaired) electrons. The van der Waals surface area contributed by atoms with Crippen LogP contribution in [0.25, 0.3) is 0 Å². The summed E-state index contributed by atoms with van der Waals surface area (Å²) in [4.78, 5) is 2.02. The summed E-state index contributed by atoms with van der Waals surface area (Å²) in [6.45, 7) is 1.71. The maximum absolute atomic E-state index is 12.6. The summed E-state index contributed by atoms with van der Waals surface area (Å²) in [5.41, 5.74) is 0. The van der Waals surface area contributed by atoms with Gasteiger partial charge in [0.2, 0.25) is 0 Å². The molecule has 1 aromatic heterocycles. The number of halogens is 1. The van der Waals surface area contributed by atoms with Crippen LogP contribution in [-0.2, 0) is 10.0 Å². The smallest absolute Gasteiger partial charge is 0.266 e. The van der Waals surface area contributed by atoms with Crippen LogP contribution in [0.3, 0.4) is 0 Å². The molecule has 1 aromatic carbocycles. The quantitative estimate of drug-likeness (QED) is 0.624. The molecular weight excluding hydrogens is 378 g/mol. The van der Waals surface area contributed by atoms with Gasteiger partial charge < -0.3 is 15.0 Å². The Morgan fingerprint density at radius 3 is 2.46 bits per heavy atom. The van der Waals surface area contributed by atoms with Crippen LogP contribution in [0.4, 0.5) is 11.6 Å². The van der Waals surface area contributed by atoms with E-state index in [4.69, 9.17) is 16.3 Å². The first-order valence-electron chi connectivity index (χ1n) is 7.90. The topological polar surface area (TPSA) is 96.5 Å². The van der Waals surface area contributed by atoms with Crippen molar-refractivity contribution in [3.8, 4) is 5.75 Å². The van der Waals surface area contributed by atoms with Crippen molar-refractivity contribution in [2.45, 2.75) is 11.3 Å². The maximum atomic E-state index is 12.6. The first-order valence-corrected chi connectivity index (χ1v) is 9.76. The lowest BCUT2D eigenvalue weighted by Gasteiger charge is -2.12. The largest absolute Gasteiger partial charge is 0.495 e. The monoisotopic (exact) mass is 399 g/mol. The second kappa shape index (κ2) is 9.02. The first kappa shape index (κ1) is 20.2. The maximum Gasteiger partial charge on any atom is 0.266 e. The lowest BCUT2D eigenvalue weighted by atomic mass is 10.3. The van der Waals surface area contributed by atoms with Crippen LogP contribution < -0.4 is 14.8 Å². The van der Waals surface area contributed by atoms with Crippen molar-refractivity contribution in [3.63, 3.8) is 0 Å². The number of ether oxygens (including phenoxy) is 1. The van der Waals surface area contributed by atoms with Gasteiger partial charge >= 0.3 is 0 Å². The molecule has 0 saturated carbocycles. The Morgan fingerprint density at radius 2 is 1.85 bits per heavy atom. The predicted molar refractivity (Wildman–Crippen MR) is 103 cm³/mol. The van der Waals surface area contributed by atoms with E-state index in [9.17, 15) is 8.42 Å². The summed E-state index contributed by atoms with van der Waals surface area (Å²) < 4.78 is 32.6. The van der Waals surface area contributed by atoms with Gasteiger partial charge in [-0.15, -0.1) is 10.2 Å². The van der Waals surface area contributed by atoms with Crippen molar-refractivity contribution < 1.29 is 13.2 Å².